The van der Waals surface area contributed by atoms with Gasteiger partial charge in [-0.15, -0.1) is 0 Å². The van der Waals surface area contributed by atoms with Crippen LogP contribution in [-0.2, 0) is 4.79 Å². The van der Waals surface area contributed by atoms with Crippen LogP contribution in [0.4, 0.5) is 5.69 Å². The molecule has 0 radical (unpaired) electrons. The van der Waals surface area contributed by atoms with Gasteiger partial charge < -0.3 is 25.4 Å². The summed E-state index contributed by atoms with van der Waals surface area (Å²) in [7, 11) is 0. The average Bonchev–Trinajstić information content (AvgIpc) is 3.31. The fourth-order valence-corrected chi connectivity index (χ4v) is 6.42. The average molecular weight is 539 g/mol. The highest BCUT2D eigenvalue weighted by Gasteiger charge is 2.24. The van der Waals surface area contributed by atoms with E-state index in [2.05, 4.69) is 28.4 Å². The minimum atomic E-state index is -0.458. The lowest BCUT2D eigenvalue weighted by Crippen LogP contribution is -2.48. The Labute approximate surface area is 230 Å². The number of nitrogens with one attached hydrogen (secondary N) is 1. The van der Waals surface area contributed by atoms with Gasteiger partial charge in [-0.25, -0.2) is 0 Å². The van der Waals surface area contributed by atoms with E-state index in [0.29, 0.717) is 25.2 Å². The van der Waals surface area contributed by atoms with Crippen molar-refractivity contribution in [3.8, 4) is 0 Å². The number of nitrogens with zero attached hydrogens (tertiary/aromatic N) is 4. The standard InChI is InChI=1S/C20H24N6O2.C9H18S/c1-13-22-7-6-18(23-13)26-12-15(20(21)28)19-16(4-3-5-17(19)26)25-10-8-24(9-11-25)14(2)27;1-8-3-5-9(6-4-8)7-10-2/h3-6,12H,7-11H2,1-2H3,(H2,21,28)(H,22,23);8-9H,3-7H2,1-2H3. The summed E-state index contributed by atoms with van der Waals surface area (Å²) in [4.78, 5) is 32.2. The molecule has 2 aromatic rings. The number of primary amides is 1. The van der Waals surface area contributed by atoms with Crippen molar-refractivity contribution >= 4 is 51.8 Å². The van der Waals surface area contributed by atoms with E-state index in [4.69, 9.17) is 5.73 Å². The number of benzene rings is 1. The van der Waals surface area contributed by atoms with E-state index >= 15 is 0 Å². The maximum Gasteiger partial charge on any atom is 0.250 e. The van der Waals surface area contributed by atoms with Crippen LogP contribution in [-0.4, -0.2) is 71.8 Å². The highest BCUT2D eigenvalue weighted by atomic mass is 32.2. The van der Waals surface area contributed by atoms with Gasteiger partial charge in [0.2, 0.25) is 5.91 Å². The van der Waals surface area contributed by atoms with Crippen LogP contribution < -0.4 is 16.0 Å². The van der Waals surface area contributed by atoms with Crippen molar-refractivity contribution in [3.05, 3.63) is 36.0 Å². The summed E-state index contributed by atoms with van der Waals surface area (Å²) in [6.07, 6.45) is 11.9. The molecule has 206 valence electrons. The molecule has 0 atom stereocenters. The molecule has 38 heavy (non-hydrogen) atoms. The zero-order chi connectivity index (χ0) is 27.2. The van der Waals surface area contributed by atoms with E-state index in [1.165, 1.54) is 31.4 Å². The maximum atomic E-state index is 12.2. The van der Waals surface area contributed by atoms with Gasteiger partial charge in [-0.05, 0) is 61.8 Å². The van der Waals surface area contributed by atoms with Crippen molar-refractivity contribution in [1.82, 2.24) is 14.8 Å². The highest BCUT2D eigenvalue weighted by molar-refractivity contribution is 7.98. The summed E-state index contributed by atoms with van der Waals surface area (Å²) in [5.41, 5.74) is 8.09. The fraction of sp³-hybridized carbons (Fsp3) is 0.552. The van der Waals surface area contributed by atoms with Gasteiger partial charge in [-0.1, -0.05) is 25.8 Å². The summed E-state index contributed by atoms with van der Waals surface area (Å²) in [5, 5.41) is 4.10. The van der Waals surface area contributed by atoms with Gasteiger partial charge >= 0.3 is 0 Å². The Kier molecular flexibility index (Phi) is 9.41. The second-order valence-electron chi connectivity index (χ2n) is 10.7. The number of piperazine rings is 1. The quantitative estimate of drug-likeness (QED) is 0.588. The molecule has 1 saturated carbocycles. The predicted molar refractivity (Wildman–Crippen MR) is 160 cm³/mol. The summed E-state index contributed by atoms with van der Waals surface area (Å²) in [6.45, 7) is 9.25. The number of carbonyl (C=O) groups is 2. The van der Waals surface area contributed by atoms with E-state index in [-0.39, 0.29) is 5.91 Å². The first kappa shape index (κ1) is 28.1. The molecule has 1 aromatic carbocycles. The SMILES string of the molecule is CC(=O)N1CCN(c2cccc3c2c(C(N)=O)cn3C2=CCN=C(C)N2)CC1.CSCC1CCC(C)CC1. The molecule has 3 heterocycles. The molecule has 5 rings (SSSR count). The smallest absolute Gasteiger partial charge is 0.250 e. The third-order valence-electron chi connectivity index (χ3n) is 7.86. The van der Waals surface area contributed by atoms with Crippen LogP contribution in [0.15, 0.2) is 35.5 Å². The van der Waals surface area contributed by atoms with Crippen molar-refractivity contribution in [2.75, 3.05) is 49.6 Å². The topological polar surface area (TPSA) is 96.0 Å². The number of amidine groups is 1. The van der Waals surface area contributed by atoms with E-state index in [1.807, 2.05) is 52.4 Å². The lowest BCUT2D eigenvalue weighted by Gasteiger charge is -2.36. The Bertz CT molecular complexity index is 1200. The van der Waals surface area contributed by atoms with Crippen LogP contribution in [0, 0.1) is 11.8 Å². The molecular formula is C29H42N6O2S. The summed E-state index contributed by atoms with van der Waals surface area (Å²) >= 11 is 2.01. The third-order valence-corrected chi connectivity index (χ3v) is 8.66. The van der Waals surface area contributed by atoms with Gasteiger partial charge in [0.05, 0.1) is 23.5 Å². The molecule has 2 aliphatic heterocycles. The summed E-state index contributed by atoms with van der Waals surface area (Å²) < 4.78 is 1.96. The molecule has 1 saturated heterocycles. The Morgan fingerprint density at radius 1 is 1.13 bits per heavy atom. The van der Waals surface area contributed by atoms with Crippen LogP contribution in [0.1, 0.15) is 56.8 Å². The van der Waals surface area contributed by atoms with Crippen molar-refractivity contribution < 1.29 is 9.59 Å². The molecule has 9 heteroatoms. The first-order valence-corrected chi connectivity index (χ1v) is 15.1. The van der Waals surface area contributed by atoms with Gasteiger partial charge in [-0.3, -0.25) is 14.6 Å². The molecule has 2 amide bonds. The lowest BCUT2D eigenvalue weighted by molar-refractivity contribution is -0.129. The first-order valence-electron chi connectivity index (χ1n) is 13.7. The van der Waals surface area contributed by atoms with Gasteiger partial charge in [-0.2, -0.15) is 11.8 Å². The Morgan fingerprint density at radius 2 is 1.84 bits per heavy atom. The number of thioether (sulfide) groups is 1. The minimum absolute atomic E-state index is 0.0918. The second kappa shape index (κ2) is 12.7. The van der Waals surface area contributed by atoms with E-state index in [0.717, 1.165) is 53.2 Å². The zero-order valence-corrected chi connectivity index (χ0v) is 24.0. The number of anilines is 1. The molecule has 0 spiro atoms. The lowest BCUT2D eigenvalue weighted by atomic mass is 9.84. The molecule has 3 N–H and O–H groups in total. The van der Waals surface area contributed by atoms with Crippen molar-refractivity contribution in [1.29, 1.82) is 0 Å². The van der Waals surface area contributed by atoms with E-state index < -0.39 is 5.91 Å². The van der Waals surface area contributed by atoms with Crippen LogP contribution in [0.5, 0.6) is 0 Å². The van der Waals surface area contributed by atoms with E-state index in [1.54, 1.807) is 13.1 Å². The summed E-state index contributed by atoms with van der Waals surface area (Å²) in [6, 6.07) is 5.99. The van der Waals surface area contributed by atoms with Gasteiger partial charge in [0, 0.05) is 50.4 Å². The maximum absolute atomic E-state index is 12.2. The number of aromatic nitrogens is 1. The van der Waals surface area contributed by atoms with Crippen molar-refractivity contribution in [2.24, 2.45) is 22.6 Å². The number of nitrogens with two attached hydrogens (primary N) is 1. The number of amides is 2. The molecule has 2 fully saturated rings. The molecule has 0 bridgehead atoms. The van der Waals surface area contributed by atoms with Crippen LogP contribution >= 0.6 is 11.8 Å². The number of aliphatic imine (C=N–C) groups is 1. The monoisotopic (exact) mass is 538 g/mol. The predicted octanol–water partition coefficient (Wildman–Crippen LogP) is 4.40. The number of fused-ring (bicyclic) bond motifs is 1. The fourth-order valence-electron chi connectivity index (χ4n) is 5.62. The van der Waals surface area contributed by atoms with E-state index in [9.17, 15) is 9.59 Å². The van der Waals surface area contributed by atoms with Crippen LogP contribution in [0.3, 0.4) is 0 Å². The molecular weight excluding hydrogens is 496 g/mol. The van der Waals surface area contributed by atoms with Crippen LogP contribution in [0.25, 0.3) is 16.7 Å². The van der Waals surface area contributed by atoms with Gasteiger partial charge in [0.15, 0.2) is 0 Å². The van der Waals surface area contributed by atoms with Gasteiger partial charge in [0.25, 0.3) is 5.91 Å². The first-order chi connectivity index (χ1) is 18.3. The third kappa shape index (κ3) is 6.54. The highest BCUT2D eigenvalue weighted by Crippen LogP contribution is 2.34. The Morgan fingerprint density at radius 3 is 2.45 bits per heavy atom. The number of rotatable bonds is 5. The largest absolute Gasteiger partial charge is 0.367 e. The number of hydrogen-bond donors (Lipinski definition) is 2. The number of hydrogen-bond acceptors (Lipinski definition) is 6. The second-order valence-corrected chi connectivity index (χ2v) is 11.6. The molecule has 8 nitrogen and oxygen atoms in total. The van der Waals surface area contributed by atoms with Crippen LogP contribution in [0.2, 0.25) is 0 Å². The number of carbonyl (C=O) groups excluding carboxylic acids is 2. The van der Waals surface area contributed by atoms with Gasteiger partial charge in [0.1, 0.15) is 5.82 Å². The Balaban J connectivity index is 0.000000283. The van der Waals surface area contributed by atoms with Crippen molar-refractivity contribution in [2.45, 2.75) is 46.5 Å². The Hall–Kier alpha value is -2.94. The molecule has 0 unspecified atom stereocenters. The zero-order valence-electron chi connectivity index (χ0n) is 23.2. The van der Waals surface area contributed by atoms with Crippen molar-refractivity contribution in [3.63, 3.8) is 0 Å². The molecule has 3 aliphatic rings. The molecule has 1 aromatic heterocycles. The summed E-state index contributed by atoms with van der Waals surface area (Å²) in [5.74, 6) is 4.78. The molecule has 1 aliphatic carbocycles. The normalized spacial score (nSPS) is 21.7. The minimum Gasteiger partial charge on any atom is -0.367 e.